The Labute approximate surface area is 147 Å². The number of nitrogens with one attached hydrogen (secondary N) is 2. The number of hydrogen-bond donors (Lipinski definition) is 2. The third-order valence-electron chi connectivity index (χ3n) is 3.83. The fraction of sp³-hybridized carbons (Fsp3) is 0.750. The van der Waals surface area contributed by atoms with Crippen molar-refractivity contribution in [2.45, 2.75) is 52.5 Å². The molecule has 0 saturated heterocycles. The maximum absolute atomic E-state index is 13.0. The van der Waals surface area contributed by atoms with Crippen molar-refractivity contribution in [3.63, 3.8) is 0 Å². The zero-order valence-electron chi connectivity index (χ0n) is 15.8. The second kappa shape index (κ2) is 9.07. The molecule has 1 heterocycles. The third-order valence-corrected chi connectivity index (χ3v) is 3.83. The van der Waals surface area contributed by atoms with Gasteiger partial charge in [-0.05, 0) is 27.7 Å². The van der Waals surface area contributed by atoms with Gasteiger partial charge in [0.2, 0.25) is 0 Å². The molecule has 1 aromatic heterocycles. The van der Waals surface area contributed by atoms with Crippen LogP contribution < -0.4 is 10.6 Å². The zero-order valence-corrected chi connectivity index (χ0v) is 15.8. The maximum Gasteiger partial charge on any atom is 0.435 e. The largest absolute Gasteiger partial charge is 0.435 e. The predicted molar refractivity (Wildman–Crippen MR) is 93.4 cm³/mol. The molecule has 0 spiro atoms. The van der Waals surface area contributed by atoms with Crippen molar-refractivity contribution in [1.29, 1.82) is 0 Å². The Morgan fingerprint density at radius 2 is 1.84 bits per heavy atom. The van der Waals surface area contributed by atoms with Gasteiger partial charge in [0.25, 0.3) is 0 Å². The first-order valence-electron chi connectivity index (χ1n) is 8.36. The van der Waals surface area contributed by atoms with Crippen LogP contribution in [-0.2, 0) is 19.8 Å². The standard InChI is InChI=1S/C16H29F3N6/c1-11(2)25(12(3)4)8-7-21-15(20-5)22-9-13-10-24(6)23-14(13)16(17,18)19/h10-12H,7-9H2,1-6H3,(H2,20,21,22). The number of aliphatic imine (C=N–C) groups is 1. The van der Waals surface area contributed by atoms with Crippen LogP contribution in [0.25, 0.3) is 0 Å². The van der Waals surface area contributed by atoms with Crippen LogP contribution in [0.1, 0.15) is 39.0 Å². The molecule has 0 aromatic carbocycles. The molecule has 2 N–H and O–H groups in total. The minimum Gasteiger partial charge on any atom is -0.355 e. The van der Waals surface area contributed by atoms with Gasteiger partial charge in [0.1, 0.15) is 0 Å². The zero-order chi connectivity index (χ0) is 19.2. The Balaban J connectivity index is 2.59. The second-order valence-corrected chi connectivity index (χ2v) is 6.45. The number of nitrogens with zero attached hydrogens (tertiary/aromatic N) is 4. The lowest BCUT2D eigenvalue weighted by Gasteiger charge is -2.30. The Morgan fingerprint density at radius 3 is 2.32 bits per heavy atom. The van der Waals surface area contributed by atoms with E-state index >= 15 is 0 Å². The monoisotopic (exact) mass is 362 g/mol. The summed E-state index contributed by atoms with van der Waals surface area (Å²) in [5.74, 6) is 0.462. The molecule has 0 aliphatic heterocycles. The summed E-state index contributed by atoms with van der Waals surface area (Å²) in [4.78, 5) is 6.38. The van der Waals surface area contributed by atoms with Crippen LogP contribution in [0.5, 0.6) is 0 Å². The molecule has 0 bridgehead atoms. The number of guanidine groups is 1. The van der Waals surface area contributed by atoms with Gasteiger partial charge < -0.3 is 10.6 Å². The van der Waals surface area contributed by atoms with Gasteiger partial charge in [0.15, 0.2) is 11.7 Å². The van der Waals surface area contributed by atoms with E-state index in [2.05, 4.69) is 53.3 Å². The highest BCUT2D eigenvalue weighted by molar-refractivity contribution is 5.79. The highest BCUT2D eigenvalue weighted by Crippen LogP contribution is 2.30. The van der Waals surface area contributed by atoms with E-state index < -0.39 is 11.9 Å². The molecule has 0 aliphatic rings. The normalized spacial score (nSPS) is 13.2. The SMILES string of the molecule is CN=C(NCCN(C(C)C)C(C)C)NCc1cn(C)nc1C(F)(F)F. The second-order valence-electron chi connectivity index (χ2n) is 6.45. The molecule has 25 heavy (non-hydrogen) atoms. The molecular formula is C16H29F3N6. The molecule has 1 aromatic rings. The number of aryl methyl sites for hydroxylation is 1. The van der Waals surface area contributed by atoms with Gasteiger partial charge >= 0.3 is 6.18 Å². The summed E-state index contributed by atoms with van der Waals surface area (Å²) in [5, 5.41) is 9.54. The van der Waals surface area contributed by atoms with Crippen LogP contribution in [0.3, 0.4) is 0 Å². The number of alkyl halides is 3. The van der Waals surface area contributed by atoms with E-state index in [0.717, 1.165) is 6.54 Å². The topological polar surface area (TPSA) is 57.5 Å². The highest BCUT2D eigenvalue weighted by Gasteiger charge is 2.36. The first kappa shape index (κ1) is 21.3. The van der Waals surface area contributed by atoms with Gasteiger partial charge in [-0.2, -0.15) is 18.3 Å². The first-order valence-corrected chi connectivity index (χ1v) is 8.36. The van der Waals surface area contributed by atoms with Gasteiger partial charge in [-0.25, -0.2) is 0 Å². The smallest absolute Gasteiger partial charge is 0.355 e. The molecule has 0 fully saturated rings. The van der Waals surface area contributed by atoms with Crippen molar-refractivity contribution in [2.24, 2.45) is 12.0 Å². The first-order chi connectivity index (χ1) is 11.6. The van der Waals surface area contributed by atoms with E-state index in [-0.39, 0.29) is 12.1 Å². The van der Waals surface area contributed by atoms with E-state index in [1.54, 1.807) is 7.05 Å². The van der Waals surface area contributed by atoms with E-state index in [1.807, 2.05) is 0 Å². The van der Waals surface area contributed by atoms with Gasteiger partial charge in [-0.1, -0.05) is 0 Å². The average Bonchev–Trinajstić information content (AvgIpc) is 2.87. The number of halogens is 3. The fourth-order valence-electron chi connectivity index (χ4n) is 2.72. The number of aromatic nitrogens is 2. The molecule has 0 saturated carbocycles. The maximum atomic E-state index is 13.0. The predicted octanol–water partition coefficient (Wildman–Crippen LogP) is 2.22. The molecule has 0 amide bonds. The van der Waals surface area contributed by atoms with Crippen molar-refractivity contribution < 1.29 is 13.2 Å². The molecular weight excluding hydrogens is 333 g/mol. The van der Waals surface area contributed by atoms with Gasteiger partial charge in [0.05, 0.1) is 0 Å². The summed E-state index contributed by atoms with van der Waals surface area (Å²) in [6, 6.07) is 0.836. The summed E-state index contributed by atoms with van der Waals surface area (Å²) in [6.07, 6.45) is -3.10. The number of rotatable bonds is 7. The lowest BCUT2D eigenvalue weighted by molar-refractivity contribution is -0.142. The summed E-state index contributed by atoms with van der Waals surface area (Å²) in [5.41, 5.74) is -0.785. The molecule has 0 unspecified atom stereocenters. The minimum atomic E-state index is -4.47. The minimum absolute atomic E-state index is 0.000429. The van der Waals surface area contributed by atoms with E-state index in [1.165, 1.54) is 17.9 Å². The molecule has 0 aliphatic carbocycles. The van der Waals surface area contributed by atoms with Crippen molar-refractivity contribution in [1.82, 2.24) is 25.3 Å². The molecule has 9 heteroatoms. The highest BCUT2D eigenvalue weighted by atomic mass is 19.4. The lowest BCUT2D eigenvalue weighted by atomic mass is 10.2. The molecule has 0 radical (unpaired) electrons. The fourth-order valence-corrected chi connectivity index (χ4v) is 2.72. The van der Waals surface area contributed by atoms with Crippen molar-refractivity contribution in [3.8, 4) is 0 Å². The molecule has 1 rings (SSSR count). The number of hydrogen-bond acceptors (Lipinski definition) is 3. The van der Waals surface area contributed by atoms with E-state index in [0.29, 0.717) is 24.6 Å². The summed E-state index contributed by atoms with van der Waals surface area (Å²) in [6.45, 7) is 10.00. The molecule has 6 nitrogen and oxygen atoms in total. The van der Waals surface area contributed by atoms with Crippen LogP contribution in [0, 0.1) is 0 Å². The Morgan fingerprint density at radius 1 is 1.24 bits per heavy atom. The molecule has 144 valence electrons. The molecule has 0 atom stereocenters. The van der Waals surface area contributed by atoms with Crippen molar-refractivity contribution >= 4 is 5.96 Å². The van der Waals surface area contributed by atoms with E-state index in [9.17, 15) is 13.2 Å². The van der Waals surface area contributed by atoms with Crippen LogP contribution >= 0.6 is 0 Å². The Kier molecular flexibility index (Phi) is 7.72. The Bertz CT molecular complexity index is 555. The summed E-state index contributed by atoms with van der Waals surface area (Å²) in [7, 11) is 3.06. The quantitative estimate of drug-likeness (QED) is 0.577. The Hall–Kier alpha value is -1.77. The third kappa shape index (κ3) is 6.56. The van der Waals surface area contributed by atoms with Crippen LogP contribution in [0.15, 0.2) is 11.2 Å². The van der Waals surface area contributed by atoms with Gasteiger partial charge in [0, 0.05) is 57.6 Å². The van der Waals surface area contributed by atoms with Gasteiger partial charge in [-0.3, -0.25) is 14.6 Å². The summed E-state index contributed by atoms with van der Waals surface area (Å²) >= 11 is 0. The average molecular weight is 362 g/mol. The van der Waals surface area contributed by atoms with Crippen LogP contribution in [0.4, 0.5) is 13.2 Å². The van der Waals surface area contributed by atoms with Gasteiger partial charge in [-0.15, -0.1) is 0 Å². The lowest BCUT2D eigenvalue weighted by Crippen LogP contribution is -2.45. The van der Waals surface area contributed by atoms with Crippen molar-refractivity contribution in [3.05, 3.63) is 17.5 Å². The van der Waals surface area contributed by atoms with E-state index in [4.69, 9.17) is 0 Å². The van der Waals surface area contributed by atoms with Crippen molar-refractivity contribution in [2.75, 3.05) is 20.1 Å². The van der Waals surface area contributed by atoms with Crippen LogP contribution in [0.2, 0.25) is 0 Å². The van der Waals surface area contributed by atoms with Crippen LogP contribution in [-0.4, -0.2) is 52.9 Å². The summed E-state index contributed by atoms with van der Waals surface area (Å²) < 4.78 is 40.0.